The molecule has 2 aromatic heterocycles. The molecule has 1 amide bonds. The Morgan fingerprint density at radius 3 is 2.70 bits per heavy atom. The molecule has 0 spiro atoms. The van der Waals surface area contributed by atoms with Gasteiger partial charge in [-0.2, -0.15) is 5.10 Å². The maximum Gasteiger partial charge on any atom is 0.287 e. The lowest BCUT2D eigenvalue weighted by Gasteiger charge is -2.07. The van der Waals surface area contributed by atoms with Crippen molar-refractivity contribution < 1.29 is 17.6 Å². The number of amides is 1. The summed E-state index contributed by atoms with van der Waals surface area (Å²) in [6.07, 6.45) is 5.74. The van der Waals surface area contributed by atoms with Crippen LogP contribution in [-0.4, -0.2) is 30.7 Å². The lowest BCUT2D eigenvalue weighted by atomic mass is 10.2. The van der Waals surface area contributed by atoms with Crippen molar-refractivity contribution in [2.75, 3.05) is 6.54 Å². The molecule has 0 aliphatic rings. The molecule has 8 heteroatoms. The molecule has 0 aliphatic heterocycles. The molecule has 2 heterocycles. The van der Waals surface area contributed by atoms with E-state index in [0.29, 0.717) is 25.1 Å². The standard InChI is InChI=1S/C19H21N3O4S/c1-15-12-21-22(13-15)10-5-9-20-19(23)18-16(8-11-26-18)14-27(24,25)17-6-3-2-4-7-17/h2-4,6-8,11-13H,5,9-10,14H2,1H3,(H,20,23). The van der Waals surface area contributed by atoms with Gasteiger partial charge in [0.2, 0.25) is 0 Å². The van der Waals surface area contributed by atoms with Gasteiger partial charge in [-0.05, 0) is 37.1 Å². The number of benzene rings is 1. The molecule has 7 nitrogen and oxygen atoms in total. The number of carbonyl (C=O) groups is 1. The first-order chi connectivity index (χ1) is 13.0. The van der Waals surface area contributed by atoms with Crippen molar-refractivity contribution in [2.45, 2.75) is 30.5 Å². The maximum absolute atomic E-state index is 12.5. The molecule has 1 aromatic carbocycles. The topological polar surface area (TPSA) is 94.2 Å². The third-order valence-electron chi connectivity index (χ3n) is 4.01. The predicted molar refractivity (Wildman–Crippen MR) is 100.0 cm³/mol. The van der Waals surface area contributed by atoms with E-state index in [1.807, 2.05) is 17.8 Å². The highest BCUT2D eigenvalue weighted by atomic mass is 32.2. The van der Waals surface area contributed by atoms with Crippen molar-refractivity contribution in [3.63, 3.8) is 0 Å². The first-order valence-corrected chi connectivity index (χ1v) is 10.2. The van der Waals surface area contributed by atoms with Crippen LogP contribution in [-0.2, 0) is 22.1 Å². The molecule has 1 N–H and O–H groups in total. The van der Waals surface area contributed by atoms with Crippen molar-refractivity contribution >= 4 is 15.7 Å². The van der Waals surface area contributed by atoms with Crippen LogP contribution in [0.15, 0.2) is 64.4 Å². The molecule has 0 saturated carbocycles. The number of nitrogens with zero attached hydrogens (tertiary/aromatic N) is 2. The Morgan fingerprint density at radius 2 is 2.00 bits per heavy atom. The number of aryl methyl sites for hydroxylation is 2. The minimum atomic E-state index is -3.55. The van der Waals surface area contributed by atoms with Crippen LogP contribution in [0.3, 0.4) is 0 Å². The number of sulfone groups is 1. The van der Waals surface area contributed by atoms with Gasteiger partial charge in [-0.15, -0.1) is 0 Å². The minimum Gasteiger partial charge on any atom is -0.459 e. The summed E-state index contributed by atoms with van der Waals surface area (Å²) in [6, 6.07) is 9.66. The van der Waals surface area contributed by atoms with Crippen molar-refractivity contribution in [3.05, 3.63) is 71.9 Å². The zero-order valence-corrected chi connectivity index (χ0v) is 15.8. The van der Waals surface area contributed by atoms with Crippen molar-refractivity contribution in [1.29, 1.82) is 0 Å². The number of hydrogen-bond donors (Lipinski definition) is 1. The molecule has 27 heavy (non-hydrogen) atoms. The van der Waals surface area contributed by atoms with Crippen molar-refractivity contribution in [2.24, 2.45) is 0 Å². The lowest BCUT2D eigenvalue weighted by Crippen LogP contribution is -2.26. The van der Waals surface area contributed by atoms with Gasteiger partial charge in [-0.3, -0.25) is 9.48 Å². The average molecular weight is 387 g/mol. The molecule has 0 radical (unpaired) electrons. The van der Waals surface area contributed by atoms with E-state index in [1.165, 1.54) is 24.5 Å². The molecule has 0 unspecified atom stereocenters. The van der Waals surface area contributed by atoms with E-state index >= 15 is 0 Å². The summed E-state index contributed by atoms with van der Waals surface area (Å²) in [5.74, 6) is -0.678. The van der Waals surface area contributed by atoms with E-state index < -0.39 is 15.7 Å². The summed E-state index contributed by atoms with van der Waals surface area (Å²) in [5.41, 5.74) is 1.43. The van der Waals surface area contributed by atoms with Gasteiger partial charge in [0.05, 0.1) is 23.1 Å². The first kappa shape index (κ1) is 18.9. The largest absolute Gasteiger partial charge is 0.459 e. The van der Waals surface area contributed by atoms with Crippen LogP contribution in [0.1, 0.15) is 28.1 Å². The Labute approximate surface area is 157 Å². The van der Waals surface area contributed by atoms with Gasteiger partial charge in [0, 0.05) is 24.8 Å². The summed E-state index contributed by atoms with van der Waals surface area (Å²) >= 11 is 0. The molecule has 0 atom stereocenters. The molecule has 0 aliphatic carbocycles. The fourth-order valence-corrected chi connectivity index (χ4v) is 4.05. The zero-order valence-electron chi connectivity index (χ0n) is 15.0. The summed E-state index contributed by atoms with van der Waals surface area (Å²) in [7, 11) is -3.55. The second kappa shape index (κ2) is 8.22. The highest BCUT2D eigenvalue weighted by Gasteiger charge is 2.22. The van der Waals surface area contributed by atoms with Crippen LogP contribution in [0, 0.1) is 6.92 Å². The number of furan rings is 1. The minimum absolute atomic E-state index is 0.0319. The van der Waals surface area contributed by atoms with Crippen LogP contribution in [0.2, 0.25) is 0 Å². The quantitative estimate of drug-likeness (QED) is 0.600. The van der Waals surface area contributed by atoms with E-state index in [-0.39, 0.29) is 16.4 Å². The van der Waals surface area contributed by atoms with Gasteiger partial charge in [0.1, 0.15) is 0 Å². The summed E-state index contributed by atoms with van der Waals surface area (Å²) < 4.78 is 32.1. The Balaban J connectivity index is 1.58. The normalized spacial score (nSPS) is 11.4. The van der Waals surface area contributed by atoms with Gasteiger partial charge < -0.3 is 9.73 Å². The van der Waals surface area contributed by atoms with Crippen LogP contribution in [0.4, 0.5) is 0 Å². The molecular formula is C19H21N3O4S. The van der Waals surface area contributed by atoms with Gasteiger partial charge in [-0.1, -0.05) is 18.2 Å². The number of nitrogens with one attached hydrogen (secondary N) is 1. The Bertz CT molecular complexity index is 1010. The zero-order chi connectivity index (χ0) is 19.3. The summed E-state index contributed by atoms with van der Waals surface area (Å²) in [6.45, 7) is 3.08. The van der Waals surface area contributed by atoms with Crippen molar-refractivity contribution in [3.8, 4) is 0 Å². The maximum atomic E-state index is 12.5. The highest BCUT2D eigenvalue weighted by molar-refractivity contribution is 7.90. The highest BCUT2D eigenvalue weighted by Crippen LogP contribution is 2.19. The number of aromatic nitrogens is 2. The van der Waals surface area contributed by atoms with E-state index in [4.69, 9.17) is 4.42 Å². The van der Waals surface area contributed by atoms with E-state index in [2.05, 4.69) is 10.4 Å². The molecule has 0 bridgehead atoms. The molecule has 3 rings (SSSR count). The Hall–Kier alpha value is -2.87. The fraction of sp³-hybridized carbons (Fsp3) is 0.263. The fourth-order valence-electron chi connectivity index (χ4n) is 2.68. The van der Waals surface area contributed by atoms with Crippen LogP contribution < -0.4 is 5.32 Å². The molecular weight excluding hydrogens is 366 g/mol. The summed E-state index contributed by atoms with van der Waals surface area (Å²) in [5, 5.41) is 6.94. The van der Waals surface area contributed by atoms with E-state index in [9.17, 15) is 13.2 Å². The van der Waals surface area contributed by atoms with E-state index in [1.54, 1.807) is 24.4 Å². The van der Waals surface area contributed by atoms with Gasteiger partial charge >= 0.3 is 0 Å². The van der Waals surface area contributed by atoms with Gasteiger partial charge in [-0.25, -0.2) is 8.42 Å². The third-order valence-corrected chi connectivity index (χ3v) is 5.69. The number of rotatable bonds is 8. The predicted octanol–water partition coefficient (Wildman–Crippen LogP) is 2.58. The Morgan fingerprint density at radius 1 is 1.22 bits per heavy atom. The van der Waals surface area contributed by atoms with Crippen LogP contribution in [0.5, 0.6) is 0 Å². The smallest absolute Gasteiger partial charge is 0.287 e. The molecule has 0 fully saturated rings. The van der Waals surface area contributed by atoms with Crippen molar-refractivity contribution in [1.82, 2.24) is 15.1 Å². The molecule has 0 saturated heterocycles. The SMILES string of the molecule is Cc1cnn(CCCNC(=O)c2occc2CS(=O)(=O)c2ccccc2)c1. The van der Waals surface area contributed by atoms with Crippen LogP contribution in [0.25, 0.3) is 0 Å². The third kappa shape index (κ3) is 4.85. The monoisotopic (exact) mass is 387 g/mol. The second-order valence-electron chi connectivity index (χ2n) is 6.24. The number of carbonyl (C=O) groups excluding carboxylic acids is 1. The number of hydrogen-bond acceptors (Lipinski definition) is 5. The first-order valence-electron chi connectivity index (χ1n) is 8.57. The van der Waals surface area contributed by atoms with Gasteiger partial charge in [0.15, 0.2) is 15.6 Å². The lowest BCUT2D eigenvalue weighted by molar-refractivity contribution is 0.0924. The second-order valence-corrected chi connectivity index (χ2v) is 8.23. The summed E-state index contributed by atoms with van der Waals surface area (Å²) in [4.78, 5) is 12.6. The van der Waals surface area contributed by atoms with E-state index in [0.717, 1.165) is 5.56 Å². The Kier molecular flexibility index (Phi) is 5.75. The van der Waals surface area contributed by atoms with Crippen LogP contribution >= 0.6 is 0 Å². The molecule has 142 valence electrons. The molecule has 3 aromatic rings. The average Bonchev–Trinajstić information content (AvgIpc) is 3.28. The van der Waals surface area contributed by atoms with Gasteiger partial charge in [0.25, 0.3) is 5.91 Å².